The maximum atomic E-state index is 6.05. The summed E-state index contributed by atoms with van der Waals surface area (Å²) in [6.07, 6.45) is 5.64. The molecule has 4 nitrogen and oxygen atoms in total. The summed E-state index contributed by atoms with van der Waals surface area (Å²) in [5.41, 5.74) is 6.05. The molecule has 1 aliphatic carbocycles. The summed E-state index contributed by atoms with van der Waals surface area (Å²) in [5.74, 6) is 1.33. The van der Waals surface area contributed by atoms with Gasteiger partial charge in [-0.15, -0.1) is 0 Å². The molecule has 104 valence electrons. The molecule has 18 heavy (non-hydrogen) atoms. The lowest BCUT2D eigenvalue weighted by Gasteiger charge is -2.38. The first-order valence-electron chi connectivity index (χ1n) is 7.45. The highest BCUT2D eigenvalue weighted by Crippen LogP contribution is 2.24. The van der Waals surface area contributed by atoms with Crippen molar-refractivity contribution in [3.8, 4) is 0 Å². The standard InChI is InChI=1S/C14H28N4/c1-12(2)11-16-14(15)18-9-7-17(8-10-18)13-5-3-4-6-13/h12-13H,3-11H2,1-2H3,(H2,15,16). The number of hydrogen-bond acceptors (Lipinski definition) is 2. The SMILES string of the molecule is CC(C)CN=C(N)N1CCN(C2CCCC2)CC1. The second-order valence-corrected chi connectivity index (χ2v) is 6.05. The number of aliphatic imine (C=N–C) groups is 1. The molecule has 1 saturated carbocycles. The molecule has 0 aromatic rings. The van der Waals surface area contributed by atoms with Crippen LogP contribution in [0.15, 0.2) is 4.99 Å². The van der Waals surface area contributed by atoms with Crippen molar-refractivity contribution in [1.82, 2.24) is 9.80 Å². The lowest BCUT2D eigenvalue weighted by molar-refractivity contribution is 0.133. The van der Waals surface area contributed by atoms with Crippen molar-refractivity contribution in [3.05, 3.63) is 0 Å². The monoisotopic (exact) mass is 252 g/mol. The van der Waals surface area contributed by atoms with Crippen LogP contribution in [0.3, 0.4) is 0 Å². The van der Waals surface area contributed by atoms with E-state index in [9.17, 15) is 0 Å². The molecule has 1 saturated heterocycles. The first-order valence-corrected chi connectivity index (χ1v) is 7.45. The maximum Gasteiger partial charge on any atom is 0.191 e. The predicted octanol–water partition coefficient (Wildman–Crippen LogP) is 1.52. The molecule has 0 amide bonds. The Morgan fingerprint density at radius 3 is 2.33 bits per heavy atom. The Kier molecular flexibility index (Phi) is 4.87. The topological polar surface area (TPSA) is 44.9 Å². The fraction of sp³-hybridized carbons (Fsp3) is 0.929. The number of nitrogens with zero attached hydrogens (tertiary/aromatic N) is 3. The van der Waals surface area contributed by atoms with Gasteiger partial charge in [0.1, 0.15) is 0 Å². The van der Waals surface area contributed by atoms with Gasteiger partial charge in [-0.3, -0.25) is 9.89 Å². The molecule has 0 aromatic heterocycles. The van der Waals surface area contributed by atoms with Crippen molar-refractivity contribution in [3.63, 3.8) is 0 Å². The third-order valence-electron chi connectivity index (χ3n) is 4.10. The zero-order valence-corrected chi connectivity index (χ0v) is 11.9. The second kappa shape index (κ2) is 6.41. The van der Waals surface area contributed by atoms with Crippen LogP contribution in [-0.2, 0) is 0 Å². The fourth-order valence-electron chi connectivity index (χ4n) is 2.96. The Hall–Kier alpha value is -0.770. The summed E-state index contributed by atoms with van der Waals surface area (Å²) < 4.78 is 0. The summed E-state index contributed by atoms with van der Waals surface area (Å²) in [4.78, 5) is 9.37. The molecule has 1 heterocycles. The summed E-state index contributed by atoms with van der Waals surface area (Å²) in [6, 6.07) is 0.848. The lowest BCUT2D eigenvalue weighted by Crippen LogP contribution is -2.53. The molecule has 0 unspecified atom stereocenters. The fourth-order valence-corrected chi connectivity index (χ4v) is 2.96. The molecule has 0 radical (unpaired) electrons. The van der Waals surface area contributed by atoms with E-state index in [1.54, 1.807) is 0 Å². The van der Waals surface area contributed by atoms with Crippen molar-refractivity contribution in [2.24, 2.45) is 16.6 Å². The van der Waals surface area contributed by atoms with Crippen LogP contribution in [0.2, 0.25) is 0 Å². The van der Waals surface area contributed by atoms with E-state index in [1.165, 1.54) is 25.7 Å². The van der Waals surface area contributed by atoms with Crippen LogP contribution in [0, 0.1) is 5.92 Å². The molecule has 4 heteroatoms. The van der Waals surface area contributed by atoms with Crippen LogP contribution in [0.5, 0.6) is 0 Å². The highest BCUT2D eigenvalue weighted by molar-refractivity contribution is 5.78. The highest BCUT2D eigenvalue weighted by atomic mass is 15.3. The number of hydrogen-bond donors (Lipinski definition) is 1. The van der Waals surface area contributed by atoms with E-state index in [-0.39, 0.29) is 0 Å². The molecule has 2 fully saturated rings. The van der Waals surface area contributed by atoms with Gasteiger partial charge < -0.3 is 10.6 Å². The highest BCUT2D eigenvalue weighted by Gasteiger charge is 2.26. The normalized spacial score (nSPS) is 24.2. The van der Waals surface area contributed by atoms with Gasteiger partial charge >= 0.3 is 0 Å². The van der Waals surface area contributed by atoms with E-state index in [1.807, 2.05) is 0 Å². The van der Waals surface area contributed by atoms with E-state index in [4.69, 9.17) is 5.73 Å². The molecule has 0 atom stereocenters. The second-order valence-electron chi connectivity index (χ2n) is 6.05. The predicted molar refractivity (Wildman–Crippen MR) is 76.7 cm³/mol. The Labute approximate surface area is 111 Å². The van der Waals surface area contributed by atoms with Crippen molar-refractivity contribution in [1.29, 1.82) is 0 Å². The van der Waals surface area contributed by atoms with Crippen LogP contribution in [0.25, 0.3) is 0 Å². The van der Waals surface area contributed by atoms with Crippen molar-refractivity contribution < 1.29 is 0 Å². The summed E-state index contributed by atoms with van der Waals surface area (Å²) in [5, 5.41) is 0. The quantitative estimate of drug-likeness (QED) is 0.612. The smallest absolute Gasteiger partial charge is 0.191 e. The van der Waals surface area contributed by atoms with Gasteiger partial charge in [0.2, 0.25) is 0 Å². The molecule has 1 aliphatic heterocycles. The summed E-state index contributed by atoms with van der Waals surface area (Å²) in [7, 11) is 0. The van der Waals surface area contributed by atoms with Gasteiger partial charge in [0.05, 0.1) is 0 Å². The van der Waals surface area contributed by atoms with Crippen molar-refractivity contribution in [2.75, 3.05) is 32.7 Å². The maximum absolute atomic E-state index is 6.05. The van der Waals surface area contributed by atoms with Gasteiger partial charge in [-0.25, -0.2) is 0 Å². The van der Waals surface area contributed by atoms with Gasteiger partial charge in [0.15, 0.2) is 5.96 Å². The zero-order valence-electron chi connectivity index (χ0n) is 11.9. The molecule has 0 bridgehead atoms. The van der Waals surface area contributed by atoms with Gasteiger partial charge in [-0.2, -0.15) is 0 Å². The first kappa shape index (κ1) is 13.7. The van der Waals surface area contributed by atoms with E-state index in [0.29, 0.717) is 5.92 Å². The van der Waals surface area contributed by atoms with E-state index in [2.05, 4.69) is 28.6 Å². The third kappa shape index (κ3) is 3.61. The van der Waals surface area contributed by atoms with E-state index in [0.717, 1.165) is 44.7 Å². The van der Waals surface area contributed by atoms with Crippen LogP contribution >= 0.6 is 0 Å². The molecular weight excluding hydrogens is 224 g/mol. The number of rotatable bonds is 3. The van der Waals surface area contributed by atoms with Gasteiger partial charge in [-0.1, -0.05) is 26.7 Å². The number of guanidine groups is 1. The van der Waals surface area contributed by atoms with Crippen LogP contribution < -0.4 is 5.73 Å². The third-order valence-corrected chi connectivity index (χ3v) is 4.10. The lowest BCUT2D eigenvalue weighted by atomic mass is 10.2. The van der Waals surface area contributed by atoms with Gasteiger partial charge in [0, 0.05) is 38.8 Å². The minimum atomic E-state index is 0.586. The average molecular weight is 252 g/mol. The van der Waals surface area contributed by atoms with E-state index >= 15 is 0 Å². The van der Waals surface area contributed by atoms with Crippen molar-refractivity contribution in [2.45, 2.75) is 45.6 Å². The molecule has 2 rings (SSSR count). The van der Waals surface area contributed by atoms with Crippen LogP contribution in [0.1, 0.15) is 39.5 Å². The van der Waals surface area contributed by atoms with Crippen LogP contribution in [-0.4, -0.2) is 54.5 Å². The summed E-state index contributed by atoms with van der Waals surface area (Å²) >= 11 is 0. The summed E-state index contributed by atoms with van der Waals surface area (Å²) in [6.45, 7) is 9.59. The first-order chi connectivity index (χ1) is 8.66. The van der Waals surface area contributed by atoms with Crippen molar-refractivity contribution >= 4 is 5.96 Å². The Balaban J connectivity index is 1.77. The molecule has 2 N–H and O–H groups in total. The Morgan fingerprint density at radius 1 is 1.17 bits per heavy atom. The minimum absolute atomic E-state index is 0.586. The Bertz CT molecular complexity index is 274. The largest absolute Gasteiger partial charge is 0.370 e. The molecular formula is C14H28N4. The number of nitrogens with two attached hydrogens (primary N) is 1. The van der Waals surface area contributed by atoms with Gasteiger partial charge in [0.25, 0.3) is 0 Å². The van der Waals surface area contributed by atoms with E-state index < -0.39 is 0 Å². The molecule has 0 spiro atoms. The minimum Gasteiger partial charge on any atom is -0.370 e. The number of piperazine rings is 1. The average Bonchev–Trinajstić information content (AvgIpc) is 2.90. The zero-order chi connectivity index (χ0) is 13.0. The van der Waals surface area contributed by atoms with Crippen LogP contribution in [0.4, 0.5) is 0 Å². The molecule has 0 aromatic carbocycles. The molecule has 2 aliphatic rings. The Morgan fingerprint density at radius 2 is 1.78 bits per heavy atom. The van der Waals surface area contributed by atoms with Gasteiger partial charge in [-0.05, 0) is 18.8 Å².